The lowest BCUT2D eigenvalue weighted by atomic mass is 9.73. The van der Waals surface area contributed by atoms with Crippen molar-refractivity contribution < 1.29 is 0 Å². The average molecular weight is 374 g/mol. The van der Waals surface area contributed by atoms with Crippen molar-refractivity contribution in [1.29, 1.82) is 0 Å². The predicted octanol–water partition coefficient (Wildman–Crippen LogP) is 8.21. The zero-order valence-corrected chi connectivity index (χ0v) is 18.5. The first-order valence-electron chi connectivity index (χ1n) is 11.0. The van der Waals surface area contributed by atoms with Crippen LogP contribution in [0.15, 0.2) is 12.7 Å². The minimum Gasteiger partial charge on any atom is -0.325 e. The van der Waals surface area contributed by atoms with Crippen LogP contribution in [0.25, 0.3) is 0 Å². The summed E-state index contributed by atoms with van der Waals surface area (Å²) in [5, 5.41) is 0. The van der Waals surface area contributed by atoms with E-state index in [0.29, 0.717) is 5.92 Å². The van der Waals surface area contributed by atoms with Gasteiger partial charge in [-0.05, 0) is 31.6 Å². The number of hydrogen-bond donors (Lipinski definition) is 1. The van der Waals surface area contributed by atoms with Crippen LogP contribution in [-0.2, 0) is 0 Å². The van der Waals surface area contributed by atoms with Crippen LogP contribution in [0.1, 0.15) is 124 Å². The first-order valence-corrected chi connectivity index (χ1v) is 11.0. The van der Waals surface area contributed by atoms with Gasteiger partial charge in [-0.3, -0.25) is 0 Å². The molecular weight excluding hydrogens is 326 g/mol. The van der Waals surface area contributed by atoms with Crippen LogP contribution in [0.3, 0.4) is 0 Å². The molecule has 2 N–H and O–H groups in total. The first-order chi connectivity index (χ1) is 11.6. The summed E-state index contributed by atoms with van der Waals surface area (Å²) in [4.78, 5) is 0. The second kappa shape index (κ2) is 18.8. The second-order valence-electron chi connectivity index (χ2n) is 7.93. The summed E-state index contributed by atoms with van der Waals surface area (Å²) >= 11 is 0. The zero-order valence-electron chi connectivity index (χ0n) is 17.7. The van der Waals surface area contributed by atoms with Gasteiger partial charge < -0.3 is 5.73 Å². The van der Waals surface area contributed by atoms with Gasteiger partial charge >= 0.3 is 0 Å². The molecule has 0 aromatic carbocycles. The van der Waals surface area contributed by atoms with E-state index < -0.39 is 0 Å². The highest BCUT2D eigenvalue weighted by Gasteiger charge is 2.32. The number of hydrogen-bond acceptors (Lipinski definition) is 1. The standard InChI is InChI=1S/C23H47N.ClH/c1-5-9-12-13-14-15-16-17-19-22(18-10-6-2)23(24,20-8-4)21-11-7-3;/h8,22H,4-7,9-21,24H2,1-3H3;1H. The summed E-state index contributed by atoms with van der Waals surface area (Å²) in [6.07, 6.45) is 23.2. The van der Waals surface area contributed by atoms with Crippen LogP contribution in [-0.4, -0.2) is 5.54 Å². The van der Waals surface area contributed by atoms with Gasteiger partial charge in [-0.25, -0.2) is 0 Å². The molecule has 152 valence electrons. The lowest BCUT2D eigenvalue weighted by molar-refractivity contribution is 0.212. The van der Waals surface area contributed by atoms with E-state index in [2.05, 4.69) is 33.4 Å². The van der Waals surface area contributed by atoms with E-state index in [1.54, 1.807) is 0 Å². The van der Waals surface area contributed by atoms with Gasteiger partial charge in [-0.1, -0.05) is 104 Å². The van der Waals surface area contributed by atoms with E-state index in [1.807, 2.05) is 0 Å². The SMILES string of the molecule is C=CCC(N)(CCCC)C(CCCC)CCCCCCCCCC.Cl. The number of unbranched alkanes of at least 4 members (excludes halogenated alkanes) is 9. The van der Waals surface area contributed by atoms with Crippen molar-refractivity contribution in [2.45, 2.75) is 129 Å². The Kier molecular flexibility index (Phi) is 20.4. The van der Waals surface area contributed by atoms with Gasteiger partial charge in [0.2, 0.25) is 0 Å². The van der Waals surface area contributed by atoms with Crippen LogP contribution in [0.4, 0.5) is 0 Å². The maximum absolute atomic E-state index is 6.90. The fraction of sp³-hybridized carbons (Fsp3) is 0.913. The third kappa shape index (κ3) is 13.8. The third-order valence-electron chi connectivity index (χ3n) is 5.65. The Bertz CT molecular complexity index is 279. The molecule has 0 aliphatic carbocycles. The molecule has 0 aromatic rings. The number of halogens is 1. The van der Waals surface area contributed by atoms with Crippen molar-refractivity contribution in [2.24, 2.45) is 11.7 Å². The summed E-state index contributed by atoms with van der Waals surface area (Å²) < 4.78 is 0. The highest BCUT2D eigenvalue weighted by atomic mass is 35.5. The molecule has 0 saturated heterocycles. The highest BCUT2D eigenvalue weighted by Crippen LogP contribution is 2.33. The van der Waals surface area contributed by atoms with Gasteiger partial charge in [0.05, 0.1) is 0 Å². The highest BCUT2D eigenvalue weighted by molar-refractivity contribution is 5.85. The Morgan fingerprint density at radius 3 is 1.76 bits per heavy atom. The normalized spacial score (nSPS) is 14.6. The summed E-state index contributed by atoms with van der Waals surface area (Å²) in [6, 6.07) is 0. The van der Waals surface area contributed by atoms with E-state index in [-0.39, 0.29) is 17.9 Å². The Morgan fingerprint density at radius 1 is 0.760 bits per heavy atom. The third-order valence-corrected chi connectivity index (χ3v) is 5.65. The minimum absolute atomic E-state index is 0. The monoisotopic (exact) mass is 373 g/mol. The van der Waals surface area contributed by atoms with E-state index in [4.69, 9.17) is 5.73 Å². The first kappa shape index (κ1) is 27.2. The molecule has 0 aliphatic rings. The fourth-order valence-corrected chi connectivity index (χ4v) is 3.94. The van der Waals surface area contributed by atoms with Crippen molar-refractivity contribution >= 4 is 12.4 Å². The number of rotatable bonds is 18. The van der Waals surface area contributed by atoms with Crippen LogP contribution >= 0.6 is 12.4 Å². The van der Waals surface area contributed by atoms with Crippen LogP contribution in [0.2, 0.25) is 0 Å². The van der Waals surface area contributed by atoms with E-state index in [1.165, 1.54) is 96.3 Å². The smallest absolute Gasteiger partial charge is 0.0217 e. The average Bonchev–Trinajstić information content (AvgIpc) is 2.58. The van der Waals surface area contributed by atoms with Crippen molar-refractivity contribution in [3.05, 3.63) is 12.7 Å². The van der Waals surface area contributed by atoms with Gasteiger partial charge in [0.1, 0.15) is 0 Å². The number of nitrogens with two attached hydrogens (primary N) is 1. The summed E-state index contributed by atoms with van der Waals surface area (Å²) in [5.41, 5.74) is 6.90. The Labute approximate surface area is 166 Å². The maximum Gasteiger partial charge on any atom is 0.0217 e. The Balaban J connectivity index is 0. The lowest BCUT2D eigenvalue weighted by Crippen LogP contribution is -2.47. The molecule has 0 radical (unpaired) electrons. The molecule has 0 spiro atoms. The lowest BCUT2D eigenvalue weighted by Gasteiger charge is -2.38. The Morgan fingerprint density at radius 2 is 1.24 bits per heavy atom. The molecule has 0 aromatic heterocycles. The topological polar surface area (TPSA) is 26.0 Å². The molecule has 2 heteroatoms. The van der Waals surface area contributed by atoms with Crippen LogP contribution in [0.5, 0.6) is 0 Å². The molecule has 0 heterocycles. The molecule has 25 heavy (non-hydrogen) atoms. The van der Waals surface area contributed by atoms with Gasteiger partial charge in [0.15, 0.2) is 0 Å². The van der Waals surface area contributed by atoms with E-state index in [0.717, 1.165) is 6.42 Å². The van der Waals surface area contributed by atoms with Gasteiger partial charge in [-0.2, -0.15) is 0 Å². The van der Waals surface area contributed by atoms with Crippen LogP contribution < -0.4 is 5.73 Å². The molecule has 1 nitrogen and oxygen atoms in total. The molecule has 0 rings (SSSR count). The molecule has 2 unspecified atom stereocenters. The van der Waals surface area contributed by atoms with E-state index >= 15 is 0 Å². The quantitative estimate of drug-likeness (QED) is 0.190. The van der Waals surface area contributed by atoms with Crippen molar-refractivity contribution in [1.82, 2.24) is 0 Å². The van der Waals surface area contributed by atoms with Crippen LogP contribution in [0, 0.1) is 5.92 Å². The summed E-state index contributed by atoms with van der Waals surface area (Å²) in [6.45, 7) is 10.8. The molecule has 0 bridgehead atoms. The van der Waals surface area contributed by atoms with Gasteiger partial charge in [-0.15, -0.1) is 19.0 Å². The van der Waals surface area contributed by atoms with Crippen molar-refractivity contribution in [3.63, 3.8) is 0 Å². The molecular formula is C23H48ClN. The predicted molar refractivity (Wildman–Crippen MR) is 119 cm³/mol. The Hall–Kier alpha value is -0.0100. The summed E-state index contributed by atoms with van der Waals surface area (Å²) in [5.74, 6) is 0.682. The maximum atomic E-state index is 6.90. The fourth-order valence-electron chi connectivity index (χ4n) is 3.94. The van der Waals surface area contributed by atoms with Gasteiger partial charge in [0.25, 0.3) is 0 Å². The molecule has 0 fully saturated rings. The molecule has 0 amide bonds. The van der Waals surface area contributed by atoms with Crippen molar-refractivity contribution in [3.8, 4) is 0 Å². The van der Waals surface area contributed by atoms with Gasteiger partial charge in [0, 0.05) is 5.54 Å². The zero-order chi connectivity index (χ0) is 18.1. The molecule has 2 atom stereocenters. The van der Waals surface area contributed by atoms with Crippen molar-refractivity contribution in [2.75, 3.05) is 0 Å². The second-order valence-corrected chi connectivity index (χ2v) is 7.93. The summed E-state index contributed by atoms with van der Waals surface area (Å²) in [7, 11) is 0. The van der Waals surface area contributed by atoms with E-state index in [9.17, 15) is 0 Å². The minimum atomic E-state index is -0.00590. The molecule has 0 saturated carbocycles. The molecule has 0 aliphatic heterocycles. The largest absolute Gasteiger partial charge is 0.325 e.